The Hall–Kier alpha value is -2.50. The first-order chi connectivity index (χ1) is 8.67. The second kappa shape index (κ2) is 4.79. The highest BCUT2D eigenvalue weighted by atomic mass is 16.5. The number of nitrogens with zero attached hydrogens (tertiary/aromatic N) is 3. The molecule has 0 atom stereocenters. The van der Waals surface area contributed by atoms with Crippen molar-refractivity contribution < 1.29 is 14.3 Å². The van der Waals surface area contributed by atoms with E-state index in [0.717, 1.165) is 5.69 Å². The third-order valence-corrected chi connectivity index (χ3v) is 2.45. The van der Waals surface area contributed by atoms with Crippen molar-refractivity contribution in [3.63, 3.8) is 0 Å². The Kier molecular flexibility index (Phi) is 3.18. The van der Waals surface area contributed by atoms with Crippen molar-refractivity contribution >= 4 is 24.1 Å². The lowest BCUT2D eigenvalue weighted by atomic mass is 10.3. The lowest BCUT2D eigenvalue weighted by Gasteiger charge is -2.00. The normalized spacial score (nSPS) is 11.0. The van der Waals surface area contributed by atoms with Gasteiger partial charge in [-0.05, 0) is 19.1 Å². The van der Waals surface area contributed by atoms with Gasteiger partial charge in [0.2, 0.25) is 5.78 Å². The molecule has 2 heterocycles. The molecular formula is C12H11N3O3. The molecule has 6 nitrogen and oxygen atoms in total. The van der Waals surface area contributed by atoms with Gasteiger partial charge in [-0.3, -0.25) is 9.20 Å². The van der Waals surface area contributed by atoms with Crippen LogP contribution < -0.4 is 0 Å². The first-order valence-corrected chi connectivity index (χ1v) is 5.22. The molecule has 0 saturated carbocycles. The van der Waals surface area contributed by atoms with Crippen LogP contribution in [0.1, 0.15) is 21.7 Å². The Balaban J connectivity index is 2.62. The van der Waals surface area contributed by atoms with Gasteiger partial charge in [-0.25, -0.2) is 14.8 Å². The summed E-state index contributed by atoms with van der Waals surface area (Å²) in [6.07, 6.45) is 6.64. The minimum atomic E-state index is -0.471. The predicted octanol–water partition coefficient (Wildman–Crippen LogP) is 1.04. The number of hydrogen-bond acceptors (Lipinski definition) is 5. The number of imidazole rings is 1. The molecule has 92 valence electrons. The Labute approximate surface area is 103 Å². The van der Waals surface area contributed by atoms with Crippen molar-refractivity contribution in [1.29, 1.82) is 0 Å². The number of methoxy groups -OCH3 is 1. The Morgan fingerprint density at radius 3 is 2.94 bits per heavy atom. The standard InChI is InChI=1S/C12H11N3O3/c1-8-10(4-3-5-16)15-7-9(11(17)18-2)6-13-12(15)14-8/h3-7H,1-2H3/b4-3+. The van der Waals surface area contributed by atoms with Gasteiger partial charge in [-0.15, -0.1) is 0 Å². The molecule has 0 radical (unpaired) electrons. The fourth-order valence-corrected chi connectivity index (χ4v) is 1.62. The summed E-state index contributed by atoms with van der Waals surface area (Å²) in [7, 11) is 1.30. The van der Waals surface area contributed by atoms with Gasteiger partial charge in [0.05, 0.1) is 24.1 Å². The van der Waals surface area contributed by atoms with Crippen molar-refractivity contribution in [1.82, 2.24) is 14.4 Å². The van der Waals surface area contributed by atoms with E-state index in [9.17, 15) is 9.59 Å². The van der Waals surface area contributed by atoms with Crippen LogP contribution in [-0.4, -0.2) is 33.7 Å². The first-order valence-electron chi connectivity index (χ1n) is 5.22. The third kappa shape index (κ3) is 2.00. The van der Waals surface area contributed by atoms with Crippen molar-refractivity contribution in [3.8, 4) is 0 Å². The van der Waals surface area contributed by atoms with E-state index < -0.39 is 5.97 Å². The zero-order chi connectivity index (χ0) is 13.1. The van der Waals surface area contributed by atoms with E-state index in [1.807, 2.05) is 0 Å². The minimum Gasteiger partial charge on any atom is -0.465 e. The van der Waals surface area contributed by atoms with Crippen LogP contribution in [-0.2, 0) is 9.53 Å². The van der Waals surface area contributed by atoms with Crippen molar-refractivity contribution in [3.05, 3.63) is 35.4 Å². The molecule has 0 unspecified atom stereocenters. The fraction of sp³-hybridized carbons (Fsp3) is 0.167. The number of rotatable bonds is 3. The molecule has 0 amide bonds. The monoisotopic (exact) mass is 245 g/mol. The molecule has 0 spiro atoms. The van der Waals surface area contributed by atoms with E-state index in [2.05, 4.69) is 14.7 Å². The van der Waals surface area contributed by atoms with Crippen molar-refractivity contribution in [2.45, 2.75) is 6.92 Å². The summed E-state index contributed by atoms with van der Waals surface area (Å²) in [6, 6.07) is 0. The number of aromatic nitrogens is 3. The molecular weight excluding hydrogens is 234 g/mol. The fourth-order valence-electron chi connectivity index (χ4n) is 1.62. The van der Waals surface area contributed by atoms with Gasteiger partial charge in [0, 0.05) is 12.4 Å². The van der Waals surface area contributed by atoms with Gasteiger partial charge >= 0.3 is 5.97 Å². The molecule has 2 aromatic heterocycles. The molecule has 6 heteroatoms. The molecule has 0 fully saturated rings. The highest BCUT2D eigenvalue weighted by Crippen LogP contribution is 2.13. The maximum absolute atomic E-state index is 11.4. The largest absolute Gasteiger partial charge is 0.465 e. The highest BCUT2D eigenvalue weighted by Gasteiger charge is 2.11. The molecule has 0 bridgehead atoms. The Bertz CT molecular complexity index is 643. The molecule has 0 saturated heterocycles. The summed E-state index contributed by atoms with van der Waals surface area (Å²) >= 11 is 0. The quantitative estimate of drug-likeness (QED) is 0.459. The Morgan fingerprint density at radius 1 is 1.50 bits per heavy atom. The number of fused-ring (bicyclic) bond motifs is 1. The average Bonchev–Trinajstić information content (AvgIpc) is 2.70. The second-order valence-electron chi connectivity index (χ2n) is 3.58. The number of carbonyl (C=O) groups excluding carboxylic acids is 2. The molecule has 0 N–H and O–H groups in total. The molecule has 0 aliphatic heterocycles. The smallest absolute Gasteiger partial charge is 0.340 e. The minimum absolute atomic E-state index is 0.322. The van der Waals surface area contributed by atoms with Crippen molar-refractivity contribution in [2.75, 3.05) is 7.11 Å². The maximum atomic E-state index is 11.4. The lowest BCUT2D eigenvalue weighted by Crippen LogP contribution is -2.04. The van der Waals surface area contributed by atoms with Crippen molar-refractivity contribution in [2.24, 2.45) is 0 Å². The van der Waals surface area contributed by atoms with Crippen LogP contribution in [0.4, 0.5) is 0 Å². The van der Waals surface area contributed by atoms with Gasteiger partial charge in [-0.2, -0.15) is 0 Å². The van der Waals surface area contributed by atoms with Crippen LogP contribution in [0.5, 0.6) is 0 Å². The maximum Gasteiger partial charge on any atom is 0.340 e. The lowest BCUT2D eigenvalue weighted by molar-refractivity contribution is -0.104. The van der Waals surface area contributed by atoms with Crippen LogP contribution >= 0.6 is 0 Å². The number of allylic oxidation sites excluding steroid dienone is 1. The number of aryl methyl sites for hydroxylation is 1. The summed E-state index contributed by atoms with van der Waals surface area (Å²) in [5.41, 5.74) is 1.75. The zero-order valence-electron chi connectivity index (χ0n) is 9.95. The number of aldehydes is 1. The summed E-state index contributed by atoms with van der Waals surface area (Å²) in [4.78, 5) is 30.1. The average molecular weight is 245 g/mol. The predicted molar refractivity (Wildman–Crippen MR) is 64.2 cm³/mol. The zero-order valence-corrected chi connectivity index (χ0v) is 9.95. The number of esters is 1. The number of ether oxygens (including phenoxy) is 1. The van der Waals surface area contributed by atoms with E-state index in [-0.39, 0.29) is 0 Å². The van der Waals surface area contributed by atoms with Gasteiger partial charge in [0.25, 0.3) is 0 Å². The summed E-state index contributed by atoms with van der Waals surface area (Å²) in [5.74, 6) is -0.00762. The van der Waals surface area contributed by atoms with E-state index in [0.29, 0.717) is 23.3 Å². The summed E-state index contributed by atoms with van der Waals surface area (Å²) < 4.78 is 6.27. The SMILES string of the molecule is COC(=O)c1cnc2nc(C)c(/C=C/C=O)n2c1. The molecule has 0 aliphatic rings. The van der Waals surface area contributed by atoms with E-state index in [1.165, 1.54) is 19.4 Å². The van der Waals surface area contributed by atoms with Crippen LogP contribution in [0.25, 0.3) is 11.9 Å². The number of carbonyl (C=O) groups is 2. The van der Waals surface area contributed by atoms with Gasteiger partial charge in [0.15, 0.2) is 0 Å². The van der Waals surface area contributed by atoms with E-state index >= 15 is 0 Å². The first kappa shape index (κ1) is 12.0. The summed E-state index contributed by atoms with van der Waals surface area (Å²) in [6.45, 7) is 1.80. The topological polar surface area (TPSA) is 73.6 Å². The molecule has 0 aromatic carbocycles. The van der Waals surface area contributed by atoms with Gasteiger partial charge in [-0.1, -0.05) is 0 Å². The van der Waals surface area contributed by atoms with E-state index in [1.54, 1.807) is 23.6 Å². The van der Waals surface area contributed by atoms with Gasteiger partial charge in [0.1, 0.15) is 6.29 Å². The Morgan fingerprint density at radius 2 is 2.28 bits per heavy atom. The molecule has 0 aliphatic carbocycles. The van der Waals surface area contributed by atoms with Crippen LogP contribution in [0.3, 0.4) is 0 Å². The highest BCUT2D eigenvalue weighted by molar-refractivity contribution is 5.88. The summed E-state index contributed by atoms with van der Waals surface area (Å²) in [5, 5.41) is 0. The molecule has 18 heavy (non-hydrogen) atoms. The molecule has 2 aromatic rings. The number of hydrogen-bond donors (Lipinski definition) is 0. The second-order valence-corrected chi connectivity index (χ2v) is 3.58. The van der Waals surface area contributed by atoms with Crippen LogP contribution in [0.15, 0.2) is 18.5 Å². The van der Waals surface area contributed by atoms with Crippen LogP contribution in [0, 0.1) is 6.92 Å². The van der Waals surface area contributed by atoms with E-state index in [4.69, 9.17) is 0 Å². The van der Waals surface area contributed by atoms with Gasteiger partial charge < -0.3 is 4.74 Å². The molecule has 2 rings (SSSR count). The van der Waals surface area contributed by atoms with Crippen LogP contribution in [0.2, 0.25) is 0 Å². The third-order valence-electron chi connectivity index (χ3n) is 2.45.